The summed E-state index contributed by atoms with van der Waals surface area (Å²) in [6.45, 7) is 3.85. The molecule has 4 N–H and O–H groups in total. The van der Waals surface area contributed by atoms with Crippen LogP contribution in [0, 0.1) is 0 Å². The van der Waals surface area contributed by atoms with Crippen LogP contribution in [0.2, 0.25) is 0 Å². The largest absolute Gasteiger partial charge is 0.383 e. The summed E-state index contributed by atoms with van der Waals surface area (Å²) < 4.78 is 5.03. The molecule has 0 atom stereocenters. The highest BCUT2D eigenvalue weighted by Crippen LogP contribution is 2.10. The van der Waals surface area contributed by atoms with Gasteiger partial charge in [-0.15, -0.1) is 0 Å². The molecule has 17 heavy (non-hydrogen) atoms. The fraction of sp³-hybridized carbons (Fsp3) is 0.455. The van der Waals surface area contributed by atoms with Gasteiger partial charge in [-0.2, -0.15) is 0 Å². The maximum absolute atomic E-state index is 10.4. The Morgan fingerprint density at radius 3 is 3.06 bits per heavy atom. The van der Waals surface area contributed by atoms with E-state index in [1.54, 1.807) is 6.20 Å². The number of pyridine rings is 1. The fourth-order valence-electron chi connectivity index (χ4n) is 1.26. The molecular weight excluding hydrogens is 220 g/mol. The van der Waals surface area contributed by atoms with E-state index in [0.29, 0.717) is 13.2 Å². The third-order valence-electron chi connectivity index (χ3n) is 1.94. The van der Waals surface area contributed by atoms with Gasteiger partial charge in [-0.25, -0.2) is 4.98 Å². The summed E-state index contributed by atoms with van der Waals surface area (Å²) in [5.74, 6) is 0.374. The highest BCUT2D eigenvalue weighted by molar-refractivity contribution is 5.74. The van der Waals surface area contributed by atoms with Gasteiger partial charge in [0.2, 0.25) is 5.91 Å². The molecule has 1 amide bonds. The molecular formula is C11H18N4O2. The molecule has 0 fully saturated rings. The molecule has 0 spiro atoms. The SMILES string of the molecule is CCNc1cc(NCCOCC(N)=O)ccn1. The molecule has 0 unspecified atom stereocenters. The van der Waals surface area contributed by atoms with Crippen molar-refractivity contribution in [1.29, 1.82) is 0 Å². The van der Waals surface area contributed by atoms with Crippen molar-refractivity contribution in [2.75, 3.05) is 36.9 Å². The van der Waals surface area contributed by atoms with Gasteiger partial charge in [0.05, 0.1) is 6.61 Å². The standard InChI is InChI=1S/C11H18N4O2/c1-2-13-11-7-9(3-4-15-11)14-5-6-17-8-10(12)16/h3-4,7H,2,5-6,8H2,1H3,(H2,12,16)(H2,13,14,15). The van der Waals surface area contributed by atoms with Gasteiger partial charge in [-0.3, -0.25) is 4.79 Å². The molecule has 0 radical (unpaired) electrons. The van der Waals surface area contributed by atoms with E-state index in [1.165, 1.54) is 0 Å². The average Bonchev–Trinajstić information content (AvgIpc) is 2.29. The van der Waals surface area contributed by atoms with Crippen LogP contribution >= 0.6 is 0 Å². The van der Waals surface area contributed by atoms with Crippen LogP contribution in [-0.2, 0) is 9.53 Å². The Hall–Kier alpha value is -1.82. The van der Waals surface area contributed by atoms with Crippen molar-refractivity contribution < 1.29 is 9.53 Å². The molecule has 94 valence electrons. The van der Waals surface area contributed by atoms with Crippen LogP contribution in [0.1, 0.15) is 6.92 Å². The van der Waals surface area contributed by atoms with E-state index >= 15 is 0 Å². The summed E-state index contributed by atoms with van der Waals surface area (Å²) in [6.07, 6.45) is 1.73. The molecule has 0 bridgehead atoms. The lowest BCUT2D eigenvalue weighted by Crippen LogP contribution is -2.20. The zero-order valence-corrected chi connectivity index (χ0v) is 9.90. The van der Waals surface area contributed by atoms with Gasteiger partial charge in [0.1, 0.15) is 12.4 Å². The number of nitrogens with one attached hydrogen (secondary N) is 2. The number of hydrogen-bond acceptors (Lipinski definition) is 5. The molecule has 0 aliphatic rings. The Balaban J connectivity index is 2.26. The lowest BCUT2D eigenvalue weighted by atomic mass is 10.4. The highest BCUT2D eigenvalue weighted by Gasteiger charge is 1.96. The number of primary amides is 1. The van der Waals surface area contributed by atoms with Gasteiger partial charge in [-0.05, 0) is 13.0 Å². The van der Waals surface area contributed by atoms with Crippen LogP contribution in [0.3, 0.4) is 0 Å². The number of hydrogen-bond donors (Lipinski definition) is 3. The van der Waals surface area contributed by atoms with E-state index in [0.717, 1.165) is 18.1 Å². The molecule has 1 rings (SSSR count). The third-order valence-corrected chi connectivity index (χ3v) is 1.94. The first kappa shape index (κ1) is 13.2. The van der Waals surface area contributed by atoms with Crippen LogP contribution in [0.25, 0.3) is 0 Å². The first-order chi connectivity index (χ1) is 8.22. The molecule has 0 saturated carbocycles. The summed E-state index contributed by atoms with van der Waals surface area (Å²) >= 11 is 0. The van der Waals surface area contributed by atoms with Crippen molar-refractivity contribution in [2.45, 2.75) is 6.92 Å². The van der Waals surface area contributed by atoms with E-state index in [-0.39, 0.29) is 6.61 Å². The number of carbonyl (C=O) groups excluding carboxylic acids is 1. The summed E-state index contributed by atoms with van der Waals surface area (Å²) in [5.41, 5.74) is 5.90. The fourth-order valence-corrected chi connectivity index (χ4v) is 1.26. The van der Waals surface area contributed by atoms with E-state index in [9.17, 15) is 4.79 Å². The predicted octanol–water partition coefficient (Wildman–Crippen LogP) is 0.427. The number of amides is 1. The minimum atomic E-state index is -0.455. The van der Waals surface area contributed by atoms with Crippen LogP contribution in [0.15, 0.2) is 18.3 Å². The number of ether oxygens (including phenoxy) is 1. The second-order valence-corrected chi connectivity index (χ2v) is 3.41. The van der Waals surface area contributed by atoms with Gasteiger partial charge in [0, 0.05) is 31.0 Å². The van der Waals surface area contributed by atoms with Gasteiger partial charge in [-0.1, -0.05) is 0 Å². The first-order valence-electron chi connectivity index (χ1n) is 5.52. The quantitative estimate of drug-likeness (QED) is 0.571. The van der Waals surface area contributed by atoms with Crippen molar-refractivity contribution in [3.8, 4) is 0 Å². The Bertz CT molecular complexity index is 357. The molecule has 0 aliphatic carbocycles. The van der Waals surface area contributed by atoms with E-state index < -0.39 is 5.91 Å². The Morgan fingerprint density at radius 2 is 2.35 bits per heavy atom. The second kappa shape index (κ2) is 7.45. The zero-order chi connectivity index (χ0) is 12.5. The molecule has 1 aromatic heterocycles. The molecule has 6 heteroatoms. The highest BCUT2D eigenvalue weighted by atomic mass is 16.5. The van der Waals surface area contributed by atoms with Crippen LogP contribution in [-0.4, -0.2) is 37.2 Å². The van der Waals surface area contributed by atoms with E-state index in [2.05, 4.69) is 15.6 Å². The Kier molecular flexibility index (Phi) is 5.81. The number of rotatable bonds is 8. The maximum atomic E-state index is 10.4. The monoisotopic (exact) mass is 238 g/mol. The minimum Gasteiger partial charge on any atom is -0.383 e. The summed E-state index contributed by atoms with van der Waals surface area (Å²) in [5, 5.41) is 6.28. The number of nitrogens with two attached hydrogens (primary N) is 1. The van der Waals surface area contributed by atoms with Crippen molar-refractivity contribution >= 4 is 17.4 Å². The summed E-state index contributed by atoms with van der Waals surface area (Å²) in [4.78, 5) is 14.6. The van der Waals surface area contributed by atoms with Crippen LogP contribution in [0.4, 0.5) is 11.5 Å². The smallest absolute Gasteiger partial charge is 0.243 e. The van der Waals surface area contributed by atoms with E-state index in [1.807, 2.05) is 19.1 Å². The number of anilines is 2. The van der Waals surface area contributed by atoms with Crippen molar-refractivity contribution in [3.63, 3.8) is 0 Å². The van der Waals surface area contributed by atoms with Gasteiger partial charge in [0.25, 0.3) is 0 Å². The predicted molar refractivity (Wildman–Crippen MR) is 66.9 cm³/mol. The van der Waals surface area contributed by atoms with Gasteiger partial charge < -0.3 is 21.1 Å². The van der Waals surface area contributed by atoms with E-state index in [4.69, 9.17) is 10.5 Å². The molecule has 0 aliphatic heterocycles. The van der Waals surface area contributed by atoms with Crippen molar-refractivity contribution in [1.82, 2.24) is 4.98 Å². The molecule has 0 aromatic carbocycles. The van der Waals surface area contributed by atoms with Crippen LogP contribution < -0.4 is 16.4 Å². The number of aromatic nitrogens is 1. The van der Waals surface area contributed by atoms with Crippen LogP contribution in [0.5, 0.6) is 0 Å². The second-order valence-electron chi connectivity index (χ2n) is 3.41. The minimum absolute atomic E-state index is 0.0410. The lowest BCUT2D eigenvalue weighted by Gasteiger charge is -2.08. The molecule has 1 aromatic rings. The topological polar surface area (TPSA) is 89.3 Å². The number of nitrogens with zero attached hydrogens (tertiary/aromatic N) is 1. The first-order valence-corrected chi connectivity index (χ1v) is 5.52. The van der Waals surface area contributed by atoms with Crippen molar-refractivity contribution in [2.24, 2.45) is 5.73 Å². The average molecular weight is 238 g/mol. The van der Waals surface area contributed by atoms with Gasteiger partial charge in [0.15, 0.2) is 0 Å². The molecule has 6 nitrogen and oxygen atoms in total. The summed E-state index contributed by atoms with van der Waals surface area (Å²) in [7, 11) is 0. The molecule has 1 heterocycles. The zero-order valence-electron chi connectivity index (χ0n) is 9.90. The lowest BCUT2D eigenvalue weighted by molar-refractivity contribution is -0.122. The number of carbonyl (C=O) groups is 1. The normalized spacial score (nSPS) is 9.94. The summed E-state index contributed by atoms with van der Waals surface area (Å²) in [6, 6.07) is 3.78. The maximum Gasteiger partial charge on any atom is 0.243 e. The Labute approximate surface area is 101 Å². The van der Waals surface area contributed by atoms with Gasteiger partial charge >= 0.3 is 0 Å². The third kappa shape index (κ3) is 5.72. The Morgan fingerprint density at radius 1 is 1.53 bits per heavy atom. The van der Waals surface area contributed by atoms with Crippen molar-refractivity contribution in [3.05, 3.63) is 18.3 Å². The molecule has 0 saturated heterocycles.